The predicted molar refractivity (Wildman–Crippen MR) is 106 cm³/mol. The van der Waals surface area contributed by atoms with E-state index in [9.17, 15) is 4.79 Å². The summed E-state index contributed by atoms with van der Waals surface area (Å²) < 4.78 is 6.71. The third kappa shape index (κ3) is 3.82. The molecule has 3 rings (SSSR count). The molecule has 1 heterocycles. The van der Waals surface area contributed by atoms with Crippen molar-refractivity contribution >= 4 is 41.1 Å². The van der Waals surface area contributed by atoms with Crippen molar-refractivity contribution in [1.29, 1.82) is 0 Å². The summed E-state index contributed by atoms with van der Waals surface area (Å²) >= 11 is 12.3. The molecule has 0 amide bonds. The molecule has 0 radical (unpaired) electrons. The second-order valence-corrected chi connectivity index (χ2v) is 6.46. The summed E-state index contributed by atoms with van der Waals surface area (Å²) in [6.45, 7) is 1.96. The second kappa shape index (κ2) is 7.77. The molecule has 0 N–H and O–H groups in total. The minimum Gasteiger partial charge on any atom is -0.465 e. The van der Waals surface area contributed by atoms with Crippen molar-refractivity contribution in [1.82, 2.24) is 4.57 Å². The van der Waals surface area contributed by atoms with E-state index in [0.717, 1.165) is 16.9 Å². The number of benzene rings is 2. The number of hydrogen-bond acceptors (Lipinski definition) is 3. The smallest absolute Gasteiger partial charge is 0.339 e. The molecule has 0 fully saturated rings. The van der Waals surface area contributed by atoms with E-state index in [1.54, 1.807) is 24.4 Å². The van der Waals surface area contributed by atoms with Gasteiger partial charge in [0.2, 0.25) is 0 Å². The van der Waals surface area contributed by atoms with E-state index in [4.69, 9.17) is 27.9 Å². The second-order valence-electron chi connectivity index (χ2n) is 5.65. The summed E-state index contributed by atoms with van der Waals surface area (Å²) in [7, 11) is 1.31. The van der Waals surface area contributed by atoms with Gasteiger partial charge < -0.3 is 9.30 Å². The van der Waals surface area contributed by atoms with Crippen LogP contribution in [0.4, 0.5) is 5.69 Å². The molecule has 0 saturated heterocycles. The fourth-order valence-electron chi connectivity index (χ4n) is 2.47. The summed E-state index contributed by atoms with van der Waals surface area (Å²) in [6, 6.07) is 14.7. The normalized spacial score (nSPS) is 11.1. The van der Waals surface area contributed by atoms with Gasteiger partial charge in [0.15, 0.2) is 0 Å². The standard InChI is InChI=1S/C20H16Cl2N2O2/c1-13-5-7-15(11-19(13)22)24-9-3-4-16(24)12-23-14-6-8-18(21)17(10-14)20(25)26-2/h3-12H,1-2H3. The molecule has 0 aliphatic carbocycles. The highest BCUT2D eigenvalue weighted by molar-refractivity contribution is 6.33. The maximum Gasteiger partial charge on any atom is 0.339 e. The molecule has 1 aromatic heterocycles. The fraction of sp³-hybridized carbons (Fsp3) is 0.100. The lowest BCUT2D eigenvalue weighted by Gasteiger charge is -2.08. The zero-order chi connectivity index (χ0) is 18.7. The Bertz CT molecular complexity index is 993. The number of halogens is 2. The lowest BCUT2D eigenvalue weighted by molar-refractivity contribution is 0.0601. The van der Waals surface area contributed by atoms with Crippen LogP contribution < -0.4 is 0 Å². The fourth-order valence-corrected chi connectivity index (χ4v) is 2.84. The molecule has 4 nitrogen and oxygen atoms in total. The Hall–Kier alpha value is -2.56. The molecule has 0 saturated carbocycles. The van der Waals surface area contributed by atoms with Crippen LogP contribution in [0.3, 0.4) is 0 Å². The molecule has 6 heteroatoms. The van der Waals surface area contributed by atoms with Crippen molar-refractivity contribution in [3.05, 3.63) is 81.6 Å². The number of rotatable bonds is 4. The van der Waals surface area contributed by atoms with Gasteiger partial charge in [0.05, 0.1) is 35.3 Å². The number of esters is 1. The molecule has 0 aliphatic heterocycles. The Morgan fingerprint density at radius 2 is 1.92 bits per heavy atom. The highest BCUT2D eigenvalue weighted by Gasteiger charge is 2.11. The van der Waals surface area contributed by atoms with Gasteiger partial charge in [-0.25, -0.2) is 4.79 Å². The van der Waals surface area contributed by atoms with Crippen molar-refractivity contribution in [2.45, 2.75) is 6.92 Å². The van der Waals surface area contributed by atoms with Gasteiger partial charge in [0.1, 0.15) is 0 Å². The van der Waals surface area contributed by atoms with Crippen molar-refractivity contribution in [2.75, 3.05) is 7.11 Å². The van der Waals surface area contributed by atoms with E-state index in [2.05, 4.69) is 4.99 Å². The van der Waals surface area contributed by atoms with Crippen molar-refractivity contribution in [3.63, 3.8) is 0 Å². The van der Waals surface area contributed by atoms with Crippen LogP contribution in [0, 0.1) is 6.92 Å². The molecule has 26 heavy (non-hydrogen) atoms. The van der Waals surface area contributed by atoms with E-state index in [-0.39, 0.29) is 5.56 Å². The van der Waals surface area contributed by atoms with Gasteiger partial charge in [-0.3, -0.25) is 4.99 Å². The summed E-state index contributed by atoms with van der Waals surface area (Å²) in [4.78, 5) is 16.2. The number of methoxy groups -OCH3 is 1. The van der Waals surface area contributed by atoms with Crippen LogP contribution >= 0.6 is 23.2 Å². The van der Waals surface area contributed by atoms with Gasteiger partial charge >= 0.3 is 5.97 Å². The first-order chi connectivity index (χ1) is 12.5. The monoisotopic (exact) mass is 386 g/mol. The van der Waals surface area contributed by atoms with Crippen molar-refractivity contribution in [2.24, 2.45) is 4.99 Å². The first-order valence-electron chi connectivity index (χ1n) is 7.85. The van der Waals surface area contributed by atoms with Gasteiger partial charge in [-0.1, -0.05) is 29.3 Å². The SMILES string of the molecule is COC(=O)c1cc(N=Cc2cccn2-c2ccc(C)c(Cl)c2)ccc1Cl. The highest BCUT2D eigenvalue weighted by atomic mass is 35.5. The lowest BCUT2D eigenvalue weighted by atomic mass is 10.2. The van der Waals surface area contributed by atoms with Crippen LogP contribution in [0.25, 0.3) is 5.69 Å². The quantitative estimate of drug-likeness (QED) is 0.430. The topological polar surface area (TPSA) is 43.6 Å². The first kappa shape index (κ1) is 18.2. The van der Waals surface area contributed by atoms with Gasteiger partial charge in [-0.2, -0.15) is 0 Å². The van der Waals surface area contributed by atoms with Gasteiger partial charge in [-0.05, 0) is 55.0 Å². The zero-order valence-corrected chi connectivity index (χ0v) is 15.8. The Balaban J connectivity index is 1.92. The van der Waals surface area contributed by atoms with Crippen molar-refractivity contribution < 1.29 is 9.53 Å². The maximum atomic E-state index is 11.7. The number of aliphatic imine (C=N–C) groups is 1. The number of carbonyl (C=O) groups is 1. The van der Waals surface area contributed by atoms with Gasteiger partial charge in [-0.15, -0.1) is 0 Å². The Labute approximate surface area is 161 Å². The molecule has 2 aromatic carbocycles. The van der Waals surface area contributed by atoms with Crippen LogP contribution in [0.2, 0.25) is 10.0 Å². The Morgan fingerprint density at radius 3 is 2.65 bits per heavy atom. The van der Waals surface area contributed by atoms with E-state index >= 15 is 0 Å². The van der Waals surface area contributed by atoms with Gasteiger partial charge in [0.25, 0.3) is 0 Å². The Morgan fingerprint density at radius 1 is 1.12 bits per heavy atom. The van der Waals surface area contributed by atoms with E-state index in [1.807, 2.05) is 48.0 Å². The largest absolute Gasteiger partial charge is 0.465 e. The molecule has 0 unspecified atom stereocenters. The number of nitrogens with zero attached hydrogens (tertiary/aromatic N) is 2. The molecule has 0 bridgehead atoms. The van der Waals surface area contributed by atoms with Gasteiger partial charge in [0, 0.05) is 16.9 Å². The molecule has 3 aromatic rings. The van der Waals surface area contributed by atoms with Crippen molar-refractivity contribution in [3.8, 4) is 5.69 Å². The summed E-state index contributed by atoms with van der Waals surface area (Å²) in [5.74, 6) is -0.496. The van der Waals surface area contributed by atoms with Crippen LogP contribution in [0.1, 0.15) is 21.6 Å². The molecule has 0 aliphatic rings. The van der Waals surface area contributed by atoms with E-state index in [0.29, 0.717) is 15.7 Å². The number of aromatic nitrogens is 1. The Kier molecular flexibility index (Phi) is 5.45. The molecular formula is C20H16Cl2N2O2. The molecule has 0 atom stereocenters. The third-order valence-electron chi connectivity index (χ3n) is 3.92. The minimum atomic E-state index is -0.496. The summed E-state index contributed by atoms with van der Waals surface area (Å²) in [6.07, 6.45) is 3.65. The first-order valence-corrected chi connectivity index (χ1v) is 8.61. The third-order valence-corrected chi connectivity index (χ3v) is 4.65. The number of aryl methyl sites for hydroxylation is 1. The van der Waals surface area contributed by atoms with Crippen LogP contribution in [0.5, 0.6) is 0 Å². The van der Waals surface area contributed by atoms with Crippen LogP contribution in [0.15, 0.2) is 59.7 Å². The predicted octanol–water partition coefficient (Wildman–Crippen LogP) is 5.63. The summed E-state index contributed by atoms with van der Waals surface area (Å²) in [5.41, 5.74) is 3.72. The maximum absolute atomic E-state index is 11.7. The molecule has 0 spiro atoms. The van der Waals surface area contributed by atoms with Crippen LogP contribution in [-0.2, 0) is 4.74 Å². The number of carbonyl (C=O) groups excluding carboxylic acids is 1. The highest BCUT2D eigenvalue weighted by Crippen LogP contribution is 2.24. The number of hydrogen-bond donors (Lipinski definition) is 0. The average Bonchev–Trinajstić information content (AvgIpc) is 3.11. The molecular weight excluding hydrogens is 371 g/mol. The van der Waals surface area contributed by atoms with Crippen LogP contribution in [-0.4, -0.2) is 23.9 Å². The lowest BCUT2D eigenvalue weighted by Crippen LogP contribution is -2.01. The van der Waals surface area contributed by atoms with E-state index in [1.165, 1.54) is 7.11 Å². The number of ether oxygens (including phenoxy) is 1. The van der Waals surface area contributed by atoms with E-state index < -0.39 is 5.97 Å². The minimum absolute atomic E-state index is 0.282. The summed E-state index contributed by atoms with van der Waals surface area (Å²) in [5, 5.41) is 1.04. The average molecular weight is 387 g/mol. The zero-order valence-electron chi connectivity index (χ0n) is 14.2. The molecule has 132 valence electrons.